The Labute approximate surface area is 72.9 Å². The van der Waals surface area contributed by atoms with Crippen LogP contribution >= 0.6 is 0 Å². The van der Waals surface area contributed by atoms with E-state index in [4.69, 9.17) is 10.2 Å². The molecule has 0 aromatic carbocycles. The Balaban J connectivity index is 3.10. The molecule has 6 heteroatoms. The number of carboxylic acid groups (broad SMARTS) is 1. The zero-order valence-corrected chi connectivity index (χ0v) is 6.56. The molecule has 0 aliphatic heterocycles. The Kier molecular flexibility index (Phi) is 2.32. The molecule has 1 aliphatic rings. The monoisotopic (exact) mass is 185 g/mol. The fourth-order valence-corrected chi connectivity index (χ4v) is 1.09. The van der Waals surface area contributed by atoms with Gasteiger partial charge >= 0.3 is 5.97 Å². The van der Waals surface area contributed by atoms with Crippen LogP contribution in [-0.4, -0.2) is 21.1 Å². The van der Waals surface area contributed by atoms with Crippen LogP contribution in [0.1, 0.15) is 12.8 Å². The molecule has 70 valence electrons. The Morgan fingerprint density at radius 1 is 1.62 bits per heavy atom. The van der Waals surface area contributed by atoms with Crippen LogP contribution in [0.4, 0.5) is 0 Å². The van der Waals surface area contributed by atoms with Crippen LogP contribution < -0.4 is 0 Å². The smallest absolute Gasteiger partial charge is 0.339 e. The molecule has 0 saturated carbocycles. The number of hydrogen-bond acceptors (Lipinski definition) is 4. The lowest BCUT2D eigenvalue weighted by Gasteiger charge is -2.07. The minimum Gasteiger partial charge on any atom is -0.502 e. The van der Waals surface area contributed by atoms with Gasteiger partial charge in [0, 0.05) is 6.42 Å². The predicted molar refractivity (Wildman–Crippen MR) is 41.6 cm³/mol. The molecule has 0 bridgehead atoms. The first kappa shape index (κ1) is 9.24. The van der Waals surface area contributed by atoms with Gasteiger partial charge in [-0.15, -0.1) is 0 Å². The molecule has 0 heterocycles. The van der Waals surface area contributed by atoms with Crippen LogP contribution in [0, 0.1) is 10.1 Å². The van der Waals surface area contributed by atoms with Gasteiger partial charge in [0.15, 0.2) is 0 Å². The maximum absolute atomic E-state index is 10.4. The molecular weight excluding hydrogens is 178 g/mol. The van der Waals surface area contributed by atoms with E-state index in [1.807, 2.05) is 0 Å². The van der Waals surface area contributed by atoms with Crippen molar-refractivity contribution in [2.75, 3.05) is 0 Å². The normalized spacial score (nSPS) is 16.8. The number of carbonyl (C=O) groups is 1. The number of aliphatic hydroxyl groups is 1. The summed E-state index contributed by atoms with van der Waals surface area (Å²) in [6, 6.07) is 0. The second-order valence-electron chi connectivity index (χ2n) is 2.51. The van der Waals surface area contributed by atoms with Crippen molar-refractivity contribution in [1.82, 2.24) is 0 Å². The second-order valence-corrected chi connectivity index (χ2v) is 2.51. The zero-order valence-electron chi connectivity index (χ0n) is 6.56. The van der Waals surface area contributed by atoms with Crippen molar-refractivity contribution in [3.05, 3.63) is 33.2 Å². The van der Waals surface area contributed by atoms with Gasteiger partial charge in [0.1, 0.15) is 5.57 Å². The lowest BCUT2D eigenvalue weighted by Crippen LogP contribution is -2.13. The highest BCUT2D eigenvalue weighted by Gasteiger charge is 2.27. The lowest BCUT2D eigenvalue weighted by molar-refractivity contribution is -0.430. The molecular formula is C7H7NO5. The molecule has 0 fully saturated rings. The van der Waals surface area contributed by atoms with Gasteiger partial charge in [0.25, 0.3) is 5.70 Å². The quantitative estimate of drug-likeness (QED) is 0.490. The number of rotatable bonds is 2. The van der Waals surface area contributed by atoms with E-state index in [2.05, 4.69) is 0 Å². The number of nitrogens with zero attached hydrogens (tertiary/aromatic N) is 1. The van der Waals surface area contributed by atoms with Gasteiger partial charge in [-0.05, 0) is 6.42 Å². The standard InChI is InChI=1S/C7H7NO5/c9-6-4(7(10)11)2-1-3-5(6)8(12)13/h2,9H,1,3H2,(H,10,11). The summed E-state index contributed by atoms with van der Waals surface area (Å²) in [7, 11) is 0. The molecule has 0 spiro atoms. The van der Waals surface area contributed by atoms with E-state index in [9.17, 15) is 14.9 Å². The average molecular weight is 185 g/mol. The SMILES string of the molecule is O=C(O)C1=CCCC([N+](=O)[O-])=C1O. The number of aliphatic hydroxyl groups excluding tert-OH is 1. The van der Waals surface area contributed by atoms with Crippen molar-refractivity contribution in [1.29, 1.82) is 0 Å². The van der Waals surface area contributed by atoms with E-state index in [0.29, 0.717) is 0 Å². The van der Waals surface area contributed by atoms with Crippen LogP contribution in [0.2, 0.25) is 0 Å². The molecule has 1 aliphatic carbocycles. The fraction of sp³-hybridized carbons (Fsp3) is 0.286. The summed E-state index contributed by atoms with van der Waals surface area (Å²) in [5.74, 6) is -2.08. The van der Waals surface area contributed by atoms with E-state index < -0.39 is 27.9 Å². The molecule has 6 nitrogen and oxygen atoms in total. The molecule has 2 N–H and O–H groups in total. The van der Waals surface area contributed by atoms with Crippen molar-refractivity contribution < 1.29 is 19.9 Å². The molecule has 0 amide bonds. The number of nitro groups is 1. The minimum absolute atomic E-state index is 0.0651. The summed E-state index contributed by atoms with van der Waals surface area (Å²) in [5.41, 5.74) is -0.821. The Morgan fingerprint density at radius 2 is 2.23 bits per heavy atom. The highest BCUT2D eigenvalue weighted by molar-refractivity contribution is 5.91. The average Bonchev–Trinajstić information content (AvgIpc) is 2.03. The molecule has 0 aromatic rings. The third kappa shape index (κ3) is 1.66. The van der Waals surface area contributed by atoms with E-state index >= 15 is 0 Å². The summed E-state index contributed by atoms with van der Waals surface area (Å²) in [6.07, 6.45) is 1.60. The number of hydrogen-bond donors (Lipinski definition) is 2. The molecule has 0 radical (unpaired) electrons. The molecule has 0 saturated heterocycles. The number of carboxylic acids is 1. The van der Waals surface area contributed by atoms with E-state index in [1.54, 1.807) is 0 Å². The van der Waals surface area contributed by atoms with Gasteiger partial charge in [-0.3, -0.25) is 10.1 Å². The molecule has 13 heavy (non-hydrogen) atoms. The summed E-state index contributed by atoms with van der Waals surface area (Å²) in [4.78, 5) is 20.0. The van der Waals surface area contributed by atoms with E-state index in [-0.39, 0.29) is 12.8 Å². The largest absolute Gasteiger partial charge is 0.502 e. The Morgan fingerprint density at radius 3 is 2.69 bits per heavy atom. The maximum Gasteiger partial charge on any atom is 0.339 e. The molecule has 0 atom stereocenters. The van der Waals surface area contributed by atoms with Crippen LogP contribution in [0.15, 0.2) is 23.1 Å². The van der Waals surface area contributed by atoms with Gasteiger partial charge < -0.3 is 10.2 Å². The first-order valence-corrected chi connectivity index (χ1v) is 3.54. The molecule has 1 rings (SSSR count). The maximum atomic E-state index is 10.4. The first-order chi connectivity index (χ1) is 6.04. The fourth-order valence-electron chi connectivity index (χ4n) is 1.09. The van der Waals surface area contributed by atoms with Crippen LogP contribution in [0.25, 0.3) is 0 Å². The summed E-state index contributed by atoms with van der Waals surface area (Å²) >= 11 is 0. The Bertz CT molecular complexity index is 328. The topological polar surface area (TPSA) is 101 Å². The molecule has 0 unspecified atom stereocenters. The second kappa shape index (κ2) is 3.26. The number of aliphatic carboxylic acids is 1. The number of allylic oxidation sites excluding steroid dienone is 2. The highest BCUT2D eigenvalue weighted by atomic mass is 16.6. The third-order valence-corrected chi connectivity index (χ3v) is 1.71. The van der Waals surface area contributed by atoms with Gasteiger partial charge in [0.05, 0.1) is 4.92 Å². The summed E-state index contributed by atoms with van der Waals surface area (Å²) in [5, 5.41) is 28.0. The third-order valence-electron chi connectivity index (χ3n) is 1.71. The van der Waals surface area contributed by atoms with Gasteiger partial charge in [-0.25, -0.2) is 4.79 Å². The van der Waals surface area contributed by atoms with Crippen LogP contribution in [-0.2, 0) is 4.79 Å². The first-order valence-electron chi connectivity index (χ1n) is 3.54. The van der Waals surface area contributed by atoms with Gasteiger partial charge in [-0.1, -0.05) is 6.08 Å². The highest BCUT2D eigenvalue weighted by Crippen LogP contribution is 2.23. The van der Waals surface area contributed by atoms with E-state index in [1.165, 1.54) is 6.08 Å². The van der Waals surface area contributed by atoms with Crippen molar-refractivity contribution in [2.24, 2.45) is 0 Å². The lowest BCUT2D eigenvalue weighted by atomic mass is 10.0. The van der Waals surface area contributed by atoms with Crippen molar-refractivity contribution in [3.63, 3.8) is 0 Å². The predicted octanol–water partition coefficient (Wildman–Crippen LogP) is 0.838. The van der Waals surface area contributed by atoms with Gasteiger partial charge in [-0.2, -0.15) is 0 Å². The van der Waals surface area contributed by atoms with E-state index in [0.717, 1.165) is 0 Å². The summed E-state index contributed by atoms with van der Waals surface area (Å²) < 4.78 is 0. The van der Waals surface area contributed by atoms with Crippen molar-refractivity contribution in [2.45, 2.75) is 12.8 Å². The Hall–Kier alpha value is -1.85. The minimum atomic E-state index is -1.35. The zero-order chi connectivity index (χ0) is 10.0. The van der Waals surface area contributed by atoms with Gasteiger partial charge in [0.2, 0.25) is 5.76 Å². The van der Waals surface area contributed by atoms with Crippen LogP contribution in [0.5, 0.6) is 0 Å². The summed E-state index contributed by atoms with van der Waals surface area (Å²) in [6.45, 7) is 0. The van der Waals surface area contributed by atoms with Crippen molar-refractivity contribution >= 4 is 5.97 Å². The molecule has 0 aromatic heterocycles. The van der Waals surface area contributed by atoms with Crippen LogP contribution in [0.3, 0.4) is 0 Å². The van der Waals surface area contributed by atoms with Crippen molar-refractivity contribution in [3.8, 4) is 0 Å².